The van der Waals surface area contributed by atoms with Gasteiger partial charge < -0.3 is 5.32 Å². The van der Waals surface area contributed by atoms with E-state index in [4.69, 9.17) is 0 Å². The molecule has 0 spiro atoms. The highest BCUT2D eigenvalue weighted by Gasteiger charge is 2.33. The minimum Gasteiger partial charge on any atom is -0.325 e. The van der Waals surface area contributed by atoms with Gasteiger partial charge in [-0.15, -0.1) is 0 Å². The molecule has 1 N–H and O–H groups in total. The van der Waals surface area contributed by atoms with E-state index in [1.165, 1.54) is 30.3 Å². The summed E-state index contributed by atoms with van der Waals surface area (Å²) < 4.78 is 66.8. The maximum absolute atomic E-state index is 13.2. The lowest BCUT2D eigenvalue weighted by Gasteiger charge is -2.25. The maximum atomic E-state index is 13.2. The Morgan fingerprint density at radius 3 is 2.19 bits per heavy atom. The van der Waals surface area contributed by atoms with Gasteiger partial charge in [-0.1, -0.05) is 43.3 Å². The summed E-state index contributed by atoms with van der Waals surface area (Å²) in [6.07, 6.45) is -3.85. The fraction of sp³-hybridized carbons (Fsp3) is 0.174. The van der Waals surface area contributed by atoms with Crippen LogP contribution in [-0.4, -0.2) is 20.9 Å². The number of benzene rings is 3. The van der Waals surface area contributed by atoms with E-state index < -0.39 is 34.2 Å². The Morgan fingerprint density at radius 1 is 0.938 bits per heavy atom. The van der Waals surface area contributed by atoms with E-state index in [-0.39, 0.29) is 10.6 Å². The summed E-state index contributed by atoms with van der Waals surface area (Å²) >= 11 is 0. The summed E-state index contributed by atoms with van der Waals surface area (Å²) in [5.41, 5.74) is 0.229. The first-order valence-electron chi connectivity index (χ1n) is 9.75. The third-order valence-corrected chi connectivity index (χ3v) is 6.51. The number of alkyl halides is 3. The Labute approximate surface area is 184 Å². The molecule has 0 saturated carbocycles. The second kappa shape index (κ2) is 9.44. The van der Waals surface area contributed by atoms with Crippen LogP contribution in [0.25, 0.3) is 0 Å². The molecule has 0 radical (unpaired) electrons. The van der Waals surface area contributed by atoms with Gasteiger partial charge in [0, 0.05) is 5.69 Å². The number of rotatable bonds is 7. The van der Waals surface area contributed by atoms with Crippen LogP contribution >= 0.6 is 0 Å². The van der Waals surface area contributed by atoms with Gasteiger partial charge in [0.15, 0.2) is 0 Å². The highest BCUT2D eigenvalue weighted by molar-refractivity contribution is 7.92. The standard InChI is InChI=1S/C23H21F3N2O3S/c1-2-17-11-13-19(14-12-17)27-22(29)16-28(32(30,31)21-9-4-3-5-10-21)20-8-6-7-18(15-20)23(24,25)26/h3-15H,2,16H2,1H3,(H,27,29). The summed E-state index contributed by atoms with van der Waals surface area (Å²) in [6.45, 7) is 1.28. The van der Waals surface area contributed by atoms with Crippen LogP contribution in [0, 0.1) is 0 Å². The first-order valence-corrected chi connectivity index (χ1v) is 11.2. The van der Waals surface area contributed by atoms with Gasteiger partial charge in [0.25, 0.3) is 10.0 Å². The zero-order valence-electron chi connectivity index (χ0n) is 17.1. The van der Waals surface area contributed by atoms with Gasteiger partial charge in [0.1, 0.15) is 6.54 Å². The molecule has 3 aromatic carbocycles. The lowest BCUT2D eigenvalue weighted by atomic mass is 10.1. The molecule has 0 aliphatic heterocycles. The zero-order valence-corrected chi connectivity index (χ0v) is 18.0. The predicted molar refractivity (Wildman–Crippen MR) is 117 cm³/mol. The summed E-state index contributed by atoms with van der Waals surface area (Å²) in [5.74, 6) is -0.689. The number of amides is 1. The van der Waals surface area contributed by atoms with E-state index in [9.17, 15) is 26.4 Å². The first-order chi connectivity index (χ1) is 15.1. The number of aryl methyl sites for hydroxylation is 1. The molecular formula is C23H21F3N2O3S. The average molecular weight is 462 g/mol. The van der Waals surface area contributed by atoms with E-state index in [2.05, 4.69) is 5.32 Å². The molecule has 0 aliphatic rings. The topological polar surface area (TPSA) is 66.5 Å². The van der Waals surface area contributed by atoms with Crippen molar-refractivity contribution in [3.8, 4) is 0 Å². The molecule has 9 heteroatoms. The molecule has 0 aromatic heterocycles. The molecule has 168 valence electrons. The molecular weight excluding hydrogens is 441 g/mol. The molecule has 0 fully saturated rings. The molecule has 0 aliphatic carbocycles. The normalized spacial score (nSPS) is 11.8. The minimum absolute atomic E-state index is 0.141. The molecule has 32 heavy (non-hydrogen) atoms. The van der Waals surface area contributed by atoms with Crippen LogP contribution in [-0.2, 0) is 27.4 Å². The third-order valence-electron chi connectivity index (χ3n) is 4.73. The quantitative estimate of drug-likeness (QED) is 0.531. The van der Waals surface area contributed by atoms with Crippen molar-refractivity contribution < 1.29 is 26.4 Å². The van der Waals surface area contributed by atoms with Gasteiger partial charge in [-0.05, 0) is 54.4 Å². The lowest BCUT2D eigenvalue weighted by molar-refractivity contribution is -0.137. The van der Waals surface area contributed by atoms with E-state index >= 15 is 0 Å². The van der Waals surface area contributed by atoms with E-state index in [0.717, 1.165) is 24.1 Å². The lowest BCUT2D eigenvalue weighted by Crippen LogP contribution is -2.38. The predicted octanol–water partition coefficient (Wildman–Crippen LogP) is 5.10. The number of halogens is 3. The summed E-state index contributed by atoms with van der Waals surface area (Å²) in [5, 5.41) is 2.59. The maximum Gasteiger partial charge on any atom is 0.416 e. The summed E-state index contributed by atoms with van der Waals surface area (Å²) in [7, 11) is -4.31. The van der Waals surface area contributed by atoms with E-state index in [1.807, 2.05) is 19.1 Å². The van der Waals surface area contributed by atoms with Crippen LogP contribution in [0.4, 0.5) is 24.5 Å². The summed E-state index contributed by atoms with van der Waals surface area (Å²) in [6, 6.07) is 18.1. The van der Waals surface area contributed by atoms with E-state index in [0.29, 0.717) is 16.1 Å². The monoisotopic (exact) mass is 462 g/mol. The molecule has 0 heterocycles. The van der Waals surface area contributed by atoms with Crippen LogP contribution in [0.1, 0.15) is 18.1 Å². The highest BCUT2D eigenvalue weighted by atomic mass is 32.2. The minimum atomic E-state index is -4.67. The van der Waals surface area contributed by atoms with Crippen LogP contribution in [0.2, 0.25) is 0 Å². The van der Waals surface area contributed by atoms with Crippen molar-refractivity contribution in [2.75, 3.05) is 16.2 Å². The number of anilines is 2. The second-order valence-corrected chi connectivity index (χ2v) is 8.83. The van der Waals surface area contributed by atoms with Crippen LogP contribution in [0.3, 0.4) is 0 Å². The Morgan fingerprint density at radius 2 is 1.59 bits per heavy atom. The fourth-order valence-corrected chi connectivity index (χ4v) is 4.46. The van der Waals surface area contributed by atoms with Crippen molar-refractivity contribution in [2.45, 2.75) is 24.4 Å². The second-order valence-electron chi connectivity index (χ2n) is 6.97. The number of sulfonamides is 1. The smallest absolute Gasteiger partial charge is 0.325 e. The van der Waals surface area contributed by atoms with Crippen molar-refractivity contribution >= 4 is 27.3 Å². The number of carbonyl (C=O) groups is 1. The molecule has 0 atom stereocenters. The van der Waals surface area contributed by atoms with Crippen LogP contribution in [0.5, 0.6) is 0 Å². The molecule has 0 bridgehead atoms. The highest BCUT2D eigenvalue weighted by Crippen LogP contribution is 2.33. The zero-order chi connectivity index (χ0) is 23.4. The van der Waals surface area contributed by atoms with Gasteiger partial charge in [-0.25, -0.2) is 8.42 Å². The van der Waals surface area contributed by atoms with Crippen molar-refractivity contribution in [1.82, 2.24) is 0 Å². The molecule has 1 amide bonds. The molecule has 3 rings (SSSR count). The number of carbonyl (C=O) groups excluding carboxylic acids is 1. The number of hydrogen-bond acceptors (Lipinski definition) is 3. The molecule has 3 aromatic rings. The Kier molecular flexibility index (Phi) is 6.88. The Bertz CT molecular complexity index is 1180. The van der Waals surface area contributed by atoms with Crippen molar-refractivity contribution in [3.63, 3.8) is 0 Å². The van der Waals surface area contributed by atoms with Crippen molar-refractivity contribution in [3.05, 3.63) is 90.0 Å². The molecule has 0 unspecified atom stereocenters. The van der Waals surface area contributed by atoms with Gasteiger partial charge in [-0.3, -0.25) is 9.10 Å². The summed E-state index contributed by atoms with van der Waals surface area (Å²) in [4.78, 5) is 12.5. The number of nitrogens with zero attached hydrogens (tertiary/aromatic N) is 1. The van der Waals surface area contributed by atoms with E-state index in [1.54, 1.807) is 18.2 Å². The third kappa shape index (κ3) is 5.47. The largest absolute Gasteiger partial charge is 0.416 e. The van der Waals surface area contributed by atoms with Gasteiger partial charge in [0.05, 0.1) is 16.1 Å². The first kappa shape index (κ1) is 23.3. The van der Waals surface area contributed by atoms with Crippen LogP contribution in [0.15, 0.2) is 83.8 Å². The van der Waals surface area contributed by atoms with Crippen molar-refractivity contribution in [2.24, 2.45) is 0 Å². The molecule has 0 saturated heterocycles. The number of nitrogens with one attached hydrogen (secondary N) is 1. The van der Waals surface area contributed by atoms with Crippen LogP contribution < -0.4 is 9.62 Å². The SMILES string of the molecule is CCc1ccc(NC(=O)CN(c2cccc(C(F)(F)F)c2)S(=O)(=O)c2ccccc2)cc1. The Balaban J connectivity index is 1.96. The Hall–Kier alpha value is -3.33. The van der Waals surface area contributed by atoms with Gasteiger partial charge in [-0.2, -0.15) is 13.2 Å². The van der Waals surface area contributed by atoms with Gasteiger partial charge >= 0.3 is 6.18 Å². The average Bonchev–Trinajstić information content (AvgIpc) is 2.78. The van der Waals surface area contributed by atoms with Crippen molar-refractivity contribution in [1.29, 1.82) is 0 Å². The molecule has 5 nitrogen and oxygen atoms in total. The number of hydrogen-bond donors (Lipinski definition) is 1. The van der Waals surface area contributed by atoms with Gasteiger partial charge in [0.2, 0.25) is 5.91 Å². The fourth-order valence-electron chi connectivity index (χ4n) is 3.03.